The van der Waals surface area contributed by atoms with Crippen molar-refractivity contribution in [1.82, 2.24) is 9.88 Å². The van der Waals surface area contributed by atoms with E-state index in [2.05, 4.69) is 5.32 Å². The van der Waals surface area contributed by atoms with Gasteiger partial charge in [-0.15, -0.1) is 0 Å². The Kier molecular flexibility index (Phi) is 5.26. The third kappa shape index (κ3) is 3.33. The van der Waals surface area contributed by atoms with Gasteiger partial charge >= 0.3 is 5.97 Å². The van der Waals surface area contributed by atoms with Crippen LogP contribution in [-0.2, 0) is 0 Å². The number of carboxylic acids is 1. The van der Waals surface area contributed by atoms with Crippen molar-refractivity contribution < 1.29 is 18.7 Å². The maximum absolute atomic E-state index is 15.8. The molecule has 8 heteroatoms. The van der Waals surface area contributed by atoms with Gasteiger partial charge in [-0.1, -0.05) is 30.3 Å². The zero-order valence-corrected chi connectivity index (χ0v) is 16.4. The van der Waals surface area contributed by atoms with Gasteiger partial charge in [0.05, 0.1) is 16.9 Å². The van der Waals surface area contributed by atoms with Crippen molar-refractivity contribution in [2.24, 2.45) is 0 Å². The summed E-state index contributed by atoms with van der Waals surface area (Å²) in [6.07, 6.45) is 1.15. The topological polar surface area (TPSA) is 74.6 Å². The molecule has 1 atom stereocenters. The van der Waals surface area contributed by atoms with Gasteiger partial charge in [-0.3, -0.25) is 4.79 Å². The second-order valence-corrected chi connectivity index (χ2v) is 7.33. The van der Waals surface area contributed by atoms with Crippen LogP contribution in [0, 0.1) is 11.6 Å². The van der Waals surface area contributed by atoms with E-state index in [4.69, 9.17) is 0 Å². The van der Waals surface area contributed by atoms with Crippen LogP contribution in [0.15, 0.2) is 47.4 Å². The summed E-state index contributed by atoms with van der Waals surface area (Å²) in [5.41, 5.74) is -0.930. The summed E-state index contributed by atoms with van der Waals surface area (Å²) < 4.78 is 32.1. The van der Waals surface area contributed by atoms with E-state index in [0.717, 1.165) is 17.8 Å². The van der Waals surface area contributed by atoms with Crippen molar-refractivity contribution in [2.75, 3.05) is 31.1 Å². The first-order valence-electron chi connectivity index (χ1n) is 9.71. The molecule has 30 heavy (non-hydrogen) atoms. The largest absolute Gasteiger partial charge is 0.477 e. The molecule has 1 aromatic heterocycles. The lowest BCUT2D eigenvalue weighted by molar-refractivity contribution is 0.0694. The molecule has 2 N–H and O–H groups in total. The number of anilines is 1. The minimum absolute atomic E-state index is 0.101. The normalized spacial score (nSPS) is 15.4. The molecule has 2 heterocycles. The number of rotatable bonds is 4. The molecule has 0 amide bonds. The van der Waals surface area contributed by atoms with Crippen LogP contribution in [0.3, 0.4) is 0 Å². The molecule has 0 aliphatic carbocycles. The molecule has 1 fully saturated rings. The highest BCUT2D eigenvalue weighted by Crippen LogP contribution is 2.32. The number of pyridine rings is 1. The van der Waals surface area contributed by atoms with Gasteiger partial charge in [-0.2, -0.15) is 0 Å². The van der Waals surface area contributed by atoms with E-state index in [9.17, 15) is 19.1 Å². The standard InChI is InChI=1S/C22H21F2N3O3/c1-13(14-5-3-2-4-6-14)27-12-16(22(29)30)21(28)15-11-17(23)20(18(24)19(15)27)26-9-7-25-8-10-26/h2-6,11-13,25H,7-10H2,1H3,(H,29,30). The van der Waals surface area contributed by atoms with E-state index >= 15 is 4.39 Å². The van der Waals surface area contributed by atoms with Crippen molar-refractivity contribution in [3.63, 3.8) is 0 Å². The van der Waals surface area contributed by atoms with Gasteiger partial charge in [0.2, 0.25) is 5.43 Å². The smallest absolute Gasteiger partial charge is 0.341 e. The first kappa shape index (κ1) is 20.0. The summed E-state index contributed by atoms with van der Waals surface area (Å²) in [7, 11) is 0. The number of nitrogens with one attached hydrogen (secondary N) is 1. The molecule has 0 radical (unpaired) electrons. The Bertz CT molecular complexity index is 1170. The monoisotopic (exact) mass is 413 g/mol. The van der Waals surface area contributed by atoms with Crippen LogP contribution in [0.25, 0.3) is 10.9 Å². The summed E-state index contributed by atoms with van der Waals surface area (Å²) in [6, 6.07) is 9.59. The Morgan fingerprint density at radius 2 is 1.83 bits per heavy atom. The summed E-state index contributed by atoms with van der Waals surface area (Å²) in [4.78, 5) is 26.0. The molecule has 1 aliphatic heterocycles. The van der Waals surface area contributed by atoms with Crippen molar-refractivity contribution in [3.8, 4) is 0 Å². The zero-order chi connectivity index (χ0) is 21.4. The van der Waals surface area contributed by atoms with Gasteiger partial charge in [0.1, 0.15) is 17.1 Å². The highest BCUT2D eigenvalue weighted by atomic mass is 19.1. The zero-order valence-electron chi connectivity index (χ0n) is 16.4. The van der Waals surface area contributed by atoms with Crippen LogP contribution >= 0.6 is 0 Å². The first-order chi connectivity index (χ1) is 14.4. The Morgan fingerprint density at radius 3 is 2.47 bits per heavy atom. The molecule has 4 rings (SSSR count). The number of halogens is 2. The Hall–Kier alpha value is -3.26. The molecular formula is C22H21F2N3O3. The fourth-order valence-corrected chi connectivity index (χ4v) is 3.96. The summed E-state index contributed by atoms with van der Waals surface area (Å²) in [5, 5.41) is 12.3. The number of aromatic carboxylic acids is 1. The average Bonchev–Trinajstić information content (AvgIpc) is 2.75. The van der Waals surface area contributed by atoms with E-state index in [1.807, 2.05) is 30.3 Å². The summed E-state index contributed by atoms with van der Waals surface area (Å²) in [5.74, 6) is -3.17. The molecule has 0 spiro atoms. The third-order valence-corrected chi connectivity index (χ3v) is 5.55. The number of carbonyl (C=O) groups is 1. The fraction of sp³-hybridized carbons (Fsp3) is 0.273. The lowest BCUT2D eigenvalue weighted by Crippen LogP contribution is -2.44. The number of aromatic nitrogens is 1. The SMILES string of the molecule is CC(c1ccccc1)n1cc(C(=O)O)c(=O)c2cc(F)c(N3CCNCC3)c(F)c21. The maximum Gasteiger partial charge on any atom is 0.341 e. The highest BCUT2D eigenvalue weighted by Gasteiger charge is 2.27. The van der Waals surface area contributed by atoms with Gasteiger partial charge < -0.3 is 19.9 Å². The van der Waals surface area contributed by atoms with Crippen LogP contribution in [0.5, 0.6) is 0 Å². The number of piperazine rings is 1. The van der Waals surface area contributed by atoms with Crippen molar-refractivity contribution in [1.29, 1.82) is 0 Å². The summed E-state index contributed by atoms with van der Waals surface area (Å²) in [6.45, 7) is 3.79. The van der Waals surface area contributed by atoms with E-state index in [1.54, 1.807) is 11.8 Å². The first-order valence-corrected chi connectivity index (χ1v) is 9.71. The molecule has 6 nitrogen and oxygen atoms in total. The molecule has 0 bridgehead atoms. The number of fused-ring (bicyclic) bond motifs is 1. The van der Waals surface area contributed by atoms with Gasteiger partial charge in [0.25, 0.3) is 0 Å². The molecule has 2 aromatic carbocycles. The quantitative estimate of drug-likeness (QED) is 0.688. The number of nitrogens with zero attached hydrogens (tertiary/aromatic N) is 2. The molecule has 1 aliphatic rings. The molecule has 1 unspecified atom stereocenters. The number of hydrogen-bond donors (Lipinski definition) is 2. The maximum atomic E-state index is 15.8. The average molecular weight is 413 g/mol. The second kappa shape index (κ2) is 7.87. The van der Waals surface area contributed by atoms with Crippen LogP contribution in [0.2, 0.25) is 0 Å². The highest BCUT2D eigenvalue weighted by molar-refractivity contribution is 5.94. The van der Waals surface area contributed by atoms with Gasteiger partial charge in [0.15, 0.2) is 5.82 Å². The minimum Gasteiger partial charge on any atom is -0.477 e. The van der Waals surface area contributed by atoms with Gasteiger partial charge in [-0.05, 0) is 18.6 Å². The van der Waals surface area contributed by atoms with E-state index in [0.29, 0.717) is 26.2 Å². The van der Waals surface area contributed by atoms with Crippen LogP contribution in [0.4, 0.5) is 14.5 Å². The molecule has 156 valence electrons. The second-order valence-electron chi connectivity index (χ2n) is 7.33. The number of carboxylic acid groups (broad SMARTS) is 1. The molecular weight excluding hydrogens is 392 g/mol. The van der Waals surface area contributed by atoms with Crippen LogP contribution in [-0.4, -0.2) is 41.8 Å². The molecule has 1 saturated heterocycles. The van der Waals surface area contributed by atoms with Crippen molar-refractivity contribution in [2.45, 2.75) is 13.0 Å². The van der Waals surface area contributed by atoms with E-state index in [1.165, 1.54) is 4.57 Å². The van der Waals surface area contributed by atoms with E-state index < -0.39 is 34.6 Å². The predicted octanol–water partition coefficient (Wildman–Crippen LogP) is 3.00. The third-order valence-electron chi connectivity index (χ3n) is 5.55. The van der Waals surface area contributed by atoms with Crippen molar-refractivity contribution in [3.05, 3.63) is 75.6 Å². The molecule has 0 saturated carbocycles. The lowest BCUT2D eigenvalue weighted by Gasteiger charge is -2.31. The van der Waals surface area contributed by atoms with Crippen LogP contribution < -0.4 is 15.6 Å². The fourth-order valence-electron chi connectivity index (χ4n) is 3.96. The van der Waals surface area contributed by atoms with E-state index in [-0.39, 0.29) is 16.6 Å². The lowest BCUT2D eigenvalue weighted by atomic mass is 10.0. The minimum atomic E-state index is -1.44. The van der Waals surface area contributed by atoms with Gasteiger partial charge in [-0.25, -0.2) is 13.6 Å². The summed E-state index contributed by atoms with van der Waals surface area (Å²) >= 11 is 0. The number of hydrogen-bond acceptors (Lipinski definition) is 4. The van der Waals surface area contributed by atoms with Crippen molar-refractivity contribution >= 4 is 22.6 Å². The Morgan fingerprint density at radius 1 is 1.17 bits per heavy atom. The van der Waals surface area contributed by atoms with Gasteiger partial charge in [0, 0.05) is 32.4 Å². The Balaban J connectivity index is 2.04. The number of benzene rings is 2. The predicted molar refractivity (Wildman–Crippen MR) is 110 cm³/mol. The Labute approximate surface area is 171 Å². The van der Waals surface area contributed by atoms with Crippen LogP contribution in [0.1, 0.15) is 28.9 Å². The molecule has 3 aromatic rings.